The molecule has 0 aromatic heterocycles. The number of anilines is 1. The van der Waals surface area contributed by atoms with Gasteiger partial charge in [-0.3, -0.25) is 9.10 Å². The highest BCUT2D eigenvalue weighted by molar-refractivity contribution is 7.92. The van der Waals surface area contributed by atoms with E-state index >= 15 is 0 Å². The van der Waals surface area contributed by atoms with Crippen LogP contribution in [0.15, 0.2) is 53.4 Å². The lowest BCUT2D eigenvalue weighted by atomic mass is 10.1. The molecule has 3 rings (SSSR count). The van der Waals surface area contributed by atoms with Crippen LogP contribution >= 0.6 is 0 Å². The molecule has 0 radical (unpaired) electrons. The minimum absolute atomic E-state index is 0.0258. The minimum atomic E-state index is -3.63. The van der Waals surface area contributed by atoms with E-state index in [1.165, 1.54) is 11.4 Å². The standard InChI is InChI=1S/C19H23N3O3S/c1-15-3-9-18(10-4-15)26(24,25)21(2)17-7-5-16(6-8-17)19(23)22-13-11-20-12-14-22/h3-10,20H,11-14H2,1-2H3. The molecule has 1 aliphatic heterocycles. The minimum Gasteiger partial charge on any atom is -0.336 e. The van der Waals surface area contributed by atoms with Crippen LogP contribution in [0.3, 0.4) is 0 Å². The van der Waals surface area contributed by atoms with Gasteiger partial charge in [0.2, 0.25) is 0 Å². The molecule has 7 heteroatoms. The summed E-state index contributed by atoms with van der Waals surface area (Å²) >= 11 is 0. The number of nitrogens with zero attached hydrogens (tertiary/aromatic N) is 2. The molecule has 1 heterocycles. The van der Waals surface area contributed by atoms with E-state index in [9.17, 15) is 13.2 Å². The largest absolute Gasteiger partial charge is 0.336 e. The second kappa shape index (κ2) is 7.47. The molecule has 1 N–H and O–H groups in total. The average molecular weight is 373 g/mol. The van der Waals surface area contributed by atoms with Gasteiger partial charge in [0.25, 0.3) is 15.9 Å². The lowest BCUT2D eigenvalue weighted by molar-refractivity contribution is 0.0736. The van der Waals surface area contributed by atoms with E-state index in [-0.39, 0.29) is 10.8 Å². The summed E-state index contributed by atoms with van der Waals surface area (Å²) in [4.78, 5) is 14.5. The van der Waals surface area contributed by atoms with E-state index in [0.29, 0.717) is 24.3 Å². The number of sulfonamides is 1. The zero-order valence-electron chi connectivity index (χ0n) is 15.0. The molecule has 1 saturated heterocycles. The number of carbonyl (C=O) groups excluding carboxylic acids is 1. The number of amides is 1. The molecule has 1 amide bonds. The normalized spacial score (nSPS) is 14.9. The highest BCUT2D eigenvalue weighted by Crippen LogP contribution is 2.23. The molecular weight excluding hydrogens is 350 g/mol. The predicted molar refractivity (Wildman–Crippen MR) is 102 cm³/mol. The molecule has 6 nitrogen and oxygen atoms in total. The molecular formula is C19H23N3O3S. The lowest BCUT2D eigenvalue weighted by Crippen LogP contribution is -2.46. The van der Waals surface area contributed by atoms with Gasteiger partial charge in [-0.2, -0.15) is 0 Å². The molecule has 0 saturated carbocycles. The van der Waals surface area contributed by atoms with Crippen LogP contribution in [0.5, 0.6) is 0 Å². The van der Waals surface area contributed by atoms with Crippen molar-refractivity contribution >= 4 is 21.6 Å². The Labute approximate surface area is 154 Å². The second-order valence-electron chi connectivity index (χ2n) is 6.37. The third kappa shape index (κ3) is 3.73. The summed E-state index contributed by atoms with van der Waals surface area (Å²) in [5, 5.41) is 3.21. The van der Waals surface area contributed by atoms with Crippen LogP contribution in [0.2, 0.25) is 0 Å². The quantitative estimate of drug-likeness (QED) is 0.888. The SMILES string of the molecule is Cc1ccc(S(=O)(=O)N(C)c2ccc(C(=O)N3CCNCC3)cc2)cc1. The fourth-order valence-corrected chi connectivity index (χ4v) is 4.07. The summed E-state index contributed by atoms with van der Waals surface area (Å²) < 4.78 is 26.7. The van der Waals surface area contributed by atoms with E-state index < -0.39 is 10.0 Å². The Balaban J connectivity index is 1.79. The first-order valence-corrected chi connectivity index (χ1v) is 9.99. The van der Waals surface area contributed by atoms with Crippen LogP contribution in [0.1, 0.15) is 15.9 Å². The topological polar surface area (TPSA) is 69.7 Å². The molecule has 0 atom stereocenters. The maximum Gasteiger partial charge on any atom is 0.264 e. The van der Waals surface area contributed by atoms with Crippen LogP contribution in [-0.4, -0.2) is 52.5 Å². The number of hydrogen-bond donors (Lipinski definition) is 1. The zero-order chi connectivity index (χ0) is 18.7. The van der Waals surface area contributed by atoms with Gasteiger partial charge in [-0.15, -0.1) is 0 Å². The van der Waals surface area contributed by atoms with Crippen molar-refractivity contribution in [2.75, 3.05) is 37.5 Å². The van der Waals surface area contributed by atoms with E-state index in [4.69, 9.17) is 0 Å². The maximum absolute atomic E-state index is 12.8. The number of benzene rings is 2. The molecule has 138 valence electrons. The van der Waals surface area contributed by atoms with Crippen molar-refractivity contribution in [2.24, 2.45) is 0 Å². The summed E-state index contributed by atoms with van der Waals surface area (Å²) in [6.45, 7) is 4.86. The summed E-state index contributed by atoms with van der Waals surface area (Å²) in [6.07, 6.45) is 0. The first kappa shape index (κ1) is 18.4. The van der Waals surface area contributed by atoms with Gasteiger partial charge in [0.05, 0.1) is 10.6 Å². The molecule has 0 bridgehead atoms. The smallest absolute Gasteiger partial charge is 0.264 e. The van der Waals surface area contributed by atoms with Gasteiger partial charge in [0.15, 0.2) is 0 Å². The number of carbonyl (C=O) groups is 1. The van der Waals surface area contributed by atoms with E-state index in [1.807, 2.05) is 6.92 Å². The Morgan fingerprint density at radius 2 is 1.58 bits per heavy atom. The van der Waals surface area contributed by atoms with Gasteiger partial charge in [-0.25, -0.2) is 8.42 Å². The van der Waals surface area contributed by atoms with Gasteiger partial charge in [0, 0.05) is 38.8 Å². The highest BCUT2D eigenvalue weighted by Gasteiger charge is 2.22. The Bertz CT molecular complexity index is 871. The third-order valence-electron chi connectivity index (χ3n) is 4.56. The van der Waals surface area contributed by atoms with Crippen molar-refractivity contribution in [3.63, 3.8) is 0 Å². The molecule has 0 spiro atoms. The predicted octanol–water partition coefficient (Wildman–Crippen LogP) is 1.87. The van der Waals surface area contributed by atoms with Crippen LogP contribution in [0.25, 0.3) is 0 Å². The van der Waals surface area contributed by atoms with E-state index in [1.54, 1.807) is 53.4 Å². The zero-order valence-corrected chi connectivity index (χ0v) is 15.8. The number of nitrogens with one attached hydrogen (secondary N) is 1. The number of rotatable bonds is 4. The van der Waals surface area contributed by atoms with Gasteiger partial charge < -0.3 is 10.2 Å². The molecule has 0 aliphatic carbocycles. The number of aryl methyl sites for hydroxylation is 1. The monoisotopic (exact) mass is 373 g/mol. The number of piperazine rings is 1. The maximum atomic E-state index is 12.8. The molecule has 2 aromatic rings. The number of hydrogen-bond acceptors (Lipinski definition) is 4. The van der Waals surface area contributed by atoms with Crippen molar-refractivity contribution in [1.29, 1.82) is 0 Å². The van der Waals surface area contributed by atoms with Crippen molar-refractivity contribution in [2.45, 2.75) is 11.8 Å². The van der Waals surface area contributed by atoms with Gasteiger partial charge >= 0.3 is 0 Å². The Hall–Kier alpha value is -2.38. The highest BCUT2D eigenvalue weighted by atomic mass is 32.2. The average Bonchev–Trinajstić information content (AvgIpc) is 2.68. The fourth-order valence-electron chi connectivity index (χ4n) is 2.87. The Kier molecular flexibility index (Phi) is 5.29. The van der Waals surface area contributed by atoms with Crippen LogP contribution in [0, 0.1) is 6.92 Å². The molecule has 0 unspecified atom stereocenters. The molecule has 1 fully saturated rings. The first-order chi connectivity index (χ1) is 12.4. The lowest BCUT2D eigenvalue weighted by Gasteiger charge is -2.27. The van der Waals surface area contributed by atoms with Crippen molar-refractivity contribution in [1.82, 2.24) is 10.2 Å². The van der Waals surface area contributed by atoms with Crippen LogP contribution < -0.4 is 9.62 Å². The van der Waals surface area contributed by atoms with Gasteiger partial charge in [0.1, 0.15) is 0 Å². The summed E-state index contributed by atoms with van der Waals surface area (Å²) in [5.74, 6) is -0.0258. The summed E-state index contributed by atoms with van der Waals surface area (Å²) in [7, 11) is -2.12. The van der Waals surface area contributed by atoms with Crippen molar-refractivity contribution < 1.29 is 13.2 Å². The van der Waals surface area contributed by atoms with Crippen LogP contribution in [-0.2, 0) is 10.0 Å². The fraction of sp³-hybridized carbons (Fsp3) is 0.316. The molecule has 2 aromatic carbocycles. The van der Waals surface area contributed by atoms with Gasteiger partial charge in [-0.1, -0.05) is 17.7 Å². The third-order valence-corrected chi connectivity index (χ3v) is 6.36. The molecule has 1 aliphatic rings. The Morgan fingerprint density at radius 1 is 1.00 bits per heavy atom. The van der Waals surface area contributed by atoms with Crippen molar-refractivity contribution in [3.05, 3.63) is 59.7 Å². The van der Waals surface area contributed by atoms with E-state index in [0.717, 1.165) is 18.7 Å². The van der Waals surface area contributed by atoms with Gasteiger partial charge in [-0.05, 0) is 43.3 Å². The summed E-state index contributed by atoms with van der Waals surface area (Å²) in [6, 6.07) is 13.4. The van der Waals surface area contributed by atoms with E-state index in [2.05, 4.69) is 5.32 Å². The summed E-state index contributed by atoms with van der Waals surface area (Å²) in [5.41, 5.74) is 2.08. The second-order valence-corrected chi connectivity index (χ2v) is 8.34. The van der Waals surface area contributed by atoms with Crippen molar-refractivity contribution in [3.8, 4) is 0 Å². The first-order valence-electron chi connectivity index (χ1n) is 8.55. The Morgan fingerprint density at radius 3 is 2.15 bits per heavy atom. The molecule has 26 heavy (non-hydrogen) atoms. The van der Waals surface area contributed by atoms with Crippen LogP contribution in [0.4, 0.5) is 5.69 Å².